The quantitative estimate of drug-likeness (QED) is 0.876. The minimum absolute atomic E-state index is 0.0882. The molecule has 2 aromatic heterocycles. The van der Waals surface area contributed by atoms with Crippen molar-refractivity contribution in [3.05, 3.63) is 22.4 Å². The van der Waals surface area contributed by atoms with Gasteiger partial charge in [0.1, 0.15) is 0 Å². The summed E-state index contributed by atoms with van der Waals surface area (Å²) in [5, 5.41) is 8.49. The van der Waals surface area contributed by atoms with E-state index in [0.717, 1.165) is 30.8 Å². The maximum absolute atomic E-state index is 12.1. The number of piperidine rings is 1. The zero-order chi connectivity index (χ0) is 11.7. The van der Waals surface area contributed by atoms with Gasteiger partial charge in [-0.15, -0.1) is 22.7 Å². The summed E-state index contributed by atoms with van der Waals surface area (Å²) in [5.41, 5.74) is 0. The SMILES string of the molecule is O=C(NC1CCNCC1)c1cc2sccc2s1. The van der Waals surface area contributed by atoms with Gasteiger partial charge in [-0.25, -0.2) is 0 Å². The molecule has 0 atom stereocenters. The van der Waals surface area contributed by atoms with Gasteiger partial charge in [0.2, 0.25) is 0 Å². The Morgan fingerprint density at radius 2 is 2.18 bits per heavy atom. The van der Waals surface area contributed by atoms with Gasteiger partial charge in [-0.05, 0) is 43.4 Å². The van der Waals surface area contributed by atoms with Crippen molar-refractivity contribution in [1.29, 1.82) is 0 Å². The summed E-state index contributed by atoms with van der Waals surface area (Å²) in [6.07, 6.45) is 2.07. The molecule has 0 saturated carbocycles. The first-order chi connectivity index (χ1) is 8.33. The van der Waals surface area contributed by atoms with E-state index in [-0.39, 0.29) is 5.91 Å². The highest BCUT2D eigenvalue weighted by Gasteiger charge is 2.17. The molecule has 0 aromatic carbocycles. The first-order valence-electron chi connectivity index (χ1n) is 5.81. The summed E-state index contributed by atoms with van der Waals surface area (Å²) in [5.74, 6) is 0.0882. The maximum atomic E-state index is 12.1. The molecule has 2 aromatic rings. The Morgan fingerprint density at radius 1 is 1.35 bits per heavy atom. The number of fused-ring (bicyclic) bond motifs is 1. The van der Waals surface area contributed by atoms with E-state index in [1.807, 2.05) is 6.07 Å². The normalized spacial score (nSPS) is 17.4. The van der Waals surface area contributed by atoms with E-state index in [2.05, 4.69) is 22.1 Å². The van der Waals surface area contributed by atoms with Crippen LogP contribution in [0.1, 0.15) is 22.5 Å². The number of thiophene rings is 2. The molecule has 0 unspecified atom stereocenters. The molecule has 1 aliphatic heterocycles. The average molecular weight is 266 g/mol. The molecule has 0 bridgehead atoms. The van der Waals surface area contributed by atoms with Crippen molar-refractivity contribution in [3.63, 3.8) is 0 Å². The molecule has 3 rings (SSSR count). The summed E-state index contributed by atoms with van der Waals surface area (Å²) >= 11 is 3.28. The first-order valence-corrected chi connectivity index (χ1v) is 7.51. The fourth-order valence-corrected chi connectivity index (χ4v) is 4.11. The molecule has 2 N–H and O–H groups in total. The van der Waals surface area contributed by atoms with Crippen LogP contribution in [0.25, 0.3) is 9.40 Å². The van der Waals surface area contributed by atoms with Gasteiger partial charge < -0.3 is 10.6 Å². The summed E-state index contributed by atoms with van der Waals surface area (Å²) in [7, 11) is 0. The molecule has 1 saturated heterocycles. The second-order valence-corrected chi connectivity index (χ2v) is 6.29. The summed E-state index contributed by atoms with van der Waals surface area (Å²) < 4.78 is 2.43. The topological polar surface area (TPSA) is 41.1 Å². The maximum Gasteiger partial charge on any atom is 0.261 e. The van der Waals surface area contributed by atoms with Gasteiger partial charge in [0.15, 0.2) is 0 Å². The van der Waals surface area contributed by atoms with Crippen molar-refractivity contribution in [3.8, 4) is 0 Å². The van der Waals surface area contributed by atoms with Gasteiger partial charge in [-0.2, -0.15) is 0 Å². The van der Waals surface area contributed by atoms with Crippen LogP contribution < -0.4 is 10.6 Å². The highest BCUT2D eigenvalue weighted by molar-refractivity contribution is 7.27. The Morgan fingerprint density at radius 3 is 2.94 bits per heavy atom. The van der Waals surface area contributed by atoms with Crippen molar-refractivity contribution >= 4 is 38.0 Å². The predicted molar refractivity (Wildman–Crippen MR) is 73.1 cm³/mol. The van der Waals surface area contributed by atoms with Crippen LogP contribution >= 0.6 is 22.7 Å². The van der Waals surface area contributed by atoms with Crippen molar-refractivity contribution in [2.75, 3.05) is 13.1 Å². The van der Waals surface area contributed by atoms with Crippen molar-refractivity contribution < 1.29 is 4.79 Å². The first kappa shape index (κ1) is 11.2. The minimum atomic E-state index is 0.0882. The highest BCUT2D eigenvalue weighted by atomic mass is 32.1. The molecule has 3 heterocycles. The second kappa shape index (κ2) is 4.76. The molecule has 3 nitrogen and oxygen atoms in total. The fraction of sp³-hybridized carbons (Fsp3) is 0.417. The number of hydrogen-bond donors (Lipinski definition) is 2. The van der Waals surface area contributed by atoms with Crippen LogP contribution in [0.3, 0.4) is 0 Å². The largest absolute Gasteiger partial charge is 0.349 e. The van der Waals surface area contributed by atoms with E-state index in [1.54, 1.807) is 22.7 Å². The van der Waals surface area contributed by atoms with Gasteiger partial charge >= 0.3 is 0 Å². The van der Waals surface area contributed by atoms with E-state index in [1.165, 1.54) is 9.40 Å². The number of nitrogens with one attached hydrogen (secondary N) is 2. The zero-order valence-corrected chi connectivity index (χ0v) is 11.0. The number of carbonyl (C=O) groups excluding carboxylic acids is 1. The van der Waals surface area contributed by atoms with Crippen molar-refractivity contribution in [2.45, 2.75) is 18.9 Å². The summed E-state index contributed by atoms with van der Waals surface area (Å²) in [4.78, 5) is 12.9. The van der Waals surface area contributed by atoms with Crippen LogP contribution in [0.4, 0.5) is 0 Å². The van der Waals surface area contributed by atoms with Crippen LogP contribution in [0.5, 0.6) is 0 Å². The third-order valence-corrected chi connectivity index (χ3v) is 5.13. The molecule has 1 aliphatic rings. The van der Waals surface area contributed by atoms with Crippen LogP contribution in [0, 0.1) is 0 Å². The van der Waals surface area contributed by atoms with Crippen LogP contribution in [-0.2, 0) is 0 Å². The summed E-state index contributed by atoms with van der Waals surface area (Å²) in [6, 6.07) is 4.41. The molecule has 1 amide bonds. The van der Waals surface area contributed by atoms with E-state index in [4.69, 9.17) is 0 Å². The van der Waals surface area contributed by atoms with Gasteiger partial charge in [0.25, 0.3) is 5.91 Å². The molecular weight excluding hydrogens is 252 g/mol. The highest BCUT2D eigenvalue weighted by Crippen LogP contribution is 2.29. The Kier molecular flexibility index (Phi) is 3.13. The van der Waals surface area contributed by atoms with Crippen molar-refractivity contribution in [2.24, 2.45) is 0 Å². The lowest BCUT2D eigenvalue weighted by Gasteiger charge is -2.23. The molecule has 0 spiro atoms. The van der Waals surface area contributed by atoms with E-state index in [0.29, 0.717) is 6.04 Å². The number of hydrogen-bond acceptors (Lipinski definition) is 4. The molecule has 0 radical (unpaired) electrons. The smallest absolute Gasteiger partial charge is 0.261 e. The van der Waals surface area contributed by atoms with Gasteiger partial charge in [-0.3, -0.25) is 4.79 Å². The average Bonchev–Trinajstić information content (AvgIpc) is 2.90. The van der Waals surface area contributed by atoms with Crippen LogP contribution in [0.15, 0.2) is 17.5 Å². The standard InChI is InChI=1S/C12H14N2OS2/c15-12(14-8-1-4-13-5-2-8)11-7-10-9(17-11)3-6-16-10/h3,6-8,13H,1-2,4-5H2,(H,14,15). The van der Waals surface area contributed by atoms with Crippen LogP contribution in [-0.4, -0.2) is 25.0 Å². The Labute approximate surface area is 108 Å². The number of carbonyl (C=O) groups is 1. The third-order valence-electron chi connectivity index (χ3n) is 3.04. The van der Waals surface area contributed by atoms with E-state index >= 15 is 0 Å². The van der Waals surface area contributed by atoms with E-state index in [9.17, 15) is 4.79 Å². The fourth-order valence-electron chi connectivity index (χ4n) is 2.10. The molecule has 0 aliphatic carbocycles. The lowest BCUT2D eigenvalue weighted by atomic mass is 10.1. The van der Waals surface area contributed by atoms with Gasteiger partial charge in [0.05, 0.1) is 4.88 Å². The number of rotatable bonds is 2. The Hall–Kier alpha value is -0.910. The molecule has 1 fully saturated rings. The van der Waals surface area contributed by atoms with Crippen LogP contribution in [0.2, 0.25) is 0 Å². The van der Waals surface area contributed by atoms with Crippen molar-refractivity contribution in [1.82, 2.24) is 10.6 Å². The lowest BCUT2D eigenvalue weighted by Crippen LogP contribution is -2.42. The predicted octanol–water partition coefficient (Wildman–Crippen LogP) is 2.44. The molecule has 5 heteroatoms. The summed E-state index contributed by atoms with van der Waals surface area (Å²) in [6.45, 7) is 2.01. The van der Waals surface area contributed by atoms with Gasteiger partial charge in [0, 0.05) is 15.4 Å². The Bertz CT molecular complexity index is 497. The lowest BCUT2D eigenvalue weighted by molar-refractivity contribution is 0.0934. The van der Waals surface area contributed by atoms with E-state index < -0.39 is 0 Å². The molecular formula is C12H14N2OS2. The van der Waals surface area contributed by atoms with Gasteiger partial charge in [-0.1, -0.05) is 0 Å². The monoisotopic (exact) mass is 266 g/mol. The number of amides is 1. The molecule has 90 valence electrons. The minimum Gasteiger partial charge on any atom is -0.349 e. The molecule has 17 heavy (non-hydrogen) atoms. The second-order valence-electron chi connectivity index (χ2n) is 4.26. The Balaban J connectivity index is 1.71. The zero-order valence-electron chi connectivity index (χ0n) is 9.36. The third kappa shape index (κ3) is 2.36.